The lowest BCUT2D eigenvalue weighted by atomic mass is 10.1. The maximum atomic E-state index is 12.6. The largest absolute Gasteiger partial charge is 0.339 e. The van der Waals surface area contributed by atoms with E-state index in [1.165, 1.54) is 11.1 Å². The van der Waals surface area contributed by atoms with E-state index in [0.29, 0.717) is 18.5 Å². The molecule has 1 atom stereocenters. The Bertz CT molecular complexity index is 554. The van der Waals surface area contributed by atoms with Gasteiger partial charge in [0, 0.05) is 58.4 Å². The lowest BCUT2D eigenvalue weighted by molar-refractivity contribution is -0.135. The van der Waals surface area contributed by atoms with Crippen molar-refractivity contribution in [3.05, 3.63) is 35.4 Å². The van der Waals surface area contributed by atoms with Crippen LogP contribution in [0.4, 0.5) is 0 Å². The van der Waals surface area contributed by atoms with Crippen molar-refractivity contribution in [1.82, 2.24) is 20.0 Å². The lowest BCUT2D eigenvalue weighted by Gasteiger charge is -2.38. The number of hydrogen-bond donors (Lipinski definition) is 1. The number of benzene rings is 1. The van der Waals surface area contributed by atoms with Gasteiger partial charge in [-0.1, -0.05) is 29.8 Å². The Morgan fingerprint density at radius 2 is 2.00 bits per heavy atom. The molecule has 2 fully saturated rings. The highest BCUT2D eigenvalue weighted by Crippen LogP contribution is 2.11. The first-order valence-electron chi connectivity index (χ1n) is 9.12. The highest BCUT2D eigenvalue weighted by Gasteiger charge is 2.25. The third-order valence-corrected chi connectivity index (χ3v) is 5.19. The summed E-state index contributed by atoms with van der Waals surface area (Å²) >= 11 is 0. The van der Waals surface area contributed by atoms with Gasteiger partial charge in [-0.3, -0.25) is 14.6 Å². The zero-order valence-corrected chi connectivity index (χ0v) is 15.0. The average Bonchev–Trinajstić information content (AvgIpc) is 2.57. The SMILES string of the molecule is Cc1cccc(CN2CCN(C(=O)CN3CCNC[C@@H]3C)CC2)c1. The fraction of sp³-hybridized carbons (Fsp3) is 0.632. The predicted octanol–water partition coefficient (Wildman–Crippen LogP) is 0.933. The molecule has 1 N–H and O–H groups in total. The number of hydrogen-bond acceptors (Lipinski definition) is 4. The Balaban J connectivity index is 1.45. The van der Waals surface area contributed by atoms with Crippen LogP contribution in [0.15, 0.2) is 24.3 Å². The number of carbonyl (C=O) groups excluding carboxylic acids is 1. The van der Waals surface area contributed by atoms with Crippen LogP contribution in [-0.4, -0.2) is 79.0 Å². The van der Waals surface area contributed by atoms with E-state index in [4.69, 9.17) is 0 Å². The first kappa shape index (κ1) is 17.4. The van der Waals surface area contributed by atoms with Crippen molar-refractivity contribution >= 4 is 5.91 Å². The Kier molecular flexibility index (Phi) is 5.87. The normalized spacial score (nSPS) is 23.4. The molecule has 24 heavy (non-hydrogen) atoms. The molecule has 2 aliphatic heterocycles. The van der Waals surface area contributed by atoms with E-state index in [-0.39, 0.29) is 0 Å². The van der Waals surface area contributed by atoms with Gasteiger partial charge in [0.15, 0.2) is 0 Å². The minimum Gasteiger partial charge on any atom is -0.339 e. The summed E-state index contributed by atoms with van der Waals surface area (Å²) in [4.78, 5) is 19.4. The number of piperazine rings is 2. The van der Waals surface area contributed by atoms with Crippen LogP contribution in [0.2, 0.25) is 0 Å². The van der Waals surface area contributed by atoms with Crippen molar-refractivity contribution in [2.45, 2.75) is 26.4 Å². The second-order valence-corrected chi connectivity index (χ2v) is 7.17. The van der Waals surface area contributed by atoms with Gasteiger partial charge in [-0.15, -0.1) is 0 Å². The third-order valence-electron chi connectivity index (χ3n) is 5.19. The predicted molar refractivity (Wildman–Crippen MR) is 96.9 cm³/mol. The van der Waals surface area contributed by atoms with Crippen molar-refractivity contribution in [3.63, 3.8) is 0 Å². The molecule has 0 aromatic heterocycles. The fourth-order valence-corrected chi connectivity index (χ4v) is 3.62. The number of rotatable bonds is 4. The molecule has 0 spiro atoms. The molecule has 1 aromatic carbocycles. The Morgan fingerprint density at radius 1 is 1.21 bits per heavy atom. The van der Waals surface area contributed by atoms with E-state index in [2.05, 4.69) is 53.2 Å². The Morgan fingerprint density at radius 3 is 2.71 bits per heavy atom. The van der Waals surface area contributed by atoms with Gasteiger partial charge in [0.2, 0.25) is 5.91 Å². The molecule has 2 aliphatic rings. The second-order valence-electron chi connectivity index (χ2n) is 7.17. The first-order chi connectivity index (χ1) is 11.6. The zero-order valence-electron chi connectivity index (χ0n) is 15.0. The molecule has 0 unspecified atom stereocenters. The standard InChI is InChI=1S/C19H30N4O/c1-16-4-3-5-18(12-16)14-21-8-10-22(11-9-21)19(24)15-23-7-6-20-13-17(23)2/h3-5,12,17,20H,6-11,13-15H2,1-2H3/t17-/m0/s1. The lowest BCUT2D eigenvalue weighted by Crippen LogP contribution is -2.55. The van der Waals surface area contributed by atoms with Gasteiger partial charge in [0.05, 0.1) is 6.54 Å². The van der Waals surface area contributed by atoms with Gasteiger partial charge in [-0.25, -0.2) is 0 Å². The van der Waals surface area contributed by atoms with E-state index in [1.807, 2.05) is 4.90 Å². The van der Waals surface area contributed by atoms with Gasteiger partial charge in [0.1, 0.15) is 0 Å². The molecule has 132 valence electrons. The van der Waals surface area contributed by atoms with Gasteiger partial charge in [-0.05, 0) is 19.4 Å². The second kappa shape index (κ2) is 8.10. The van der Waals surface area contributed by atoms with Crippen LogP contribution in [0.1, 0.15) is 18.1 Å². The number of nitrogens with one attached hydrogen (secondary N) is 1. The van der Waals surface area contributed by atoms with Crippen molar-refractivity contribution < 1.29 is 4.79 Å². The van der Waals surface area contributed by atoms with Gasteiger partial charge in [0.25, 0.3) is 0 Å². The molecule has 5 heteroatoms. The average molecular weight is 330 g/mol. The highest BCUT2D eigenvalue weighted by molar-refractivity contribution is 5.78. The molecule has 0 radical (unpaired) electrons. The van der Waals surface area contributed by atoms with Crippen LogP contribution in [0.3, 0.4) is 0 Å². The van der Waals surface area contributed by atoms with E-state index in [9.17, 15) is 4.79 Å². The number of aryl methyl sites for hydroxylation is 1. The third kappa shape index (κ3) is 4.56. The molecule has 0 saturated carbocycles. The van der Waals surface area contributed by atoms with E-state index in [1.54, 1.807) is 0 Å². The summed E-state index contributed by atoms with van der Waals surface area (Å²) in [7, 11) is 0. The molecular weight excluding hydrogens is 300 g/mol. The van der Waals surface area contributed by atoms with Crippen molar-refractivity contribution in [1.29, 1.82) is 0 Å². The van der Waals surface area contributed by atoms with Crippen molar-refractivity contribution in [3.8, 4) is 0 Å². The summed E-state index contributed by atoms with van der Waals surface area (Å²) in [5.41, 5.74) is 2.68. The summed E-state index contributed by atoms with van der Waals surface area (Å²) in [6.45, 7) is 12.5. The quantitative estimate of drug-likeness (QED) is 0.892. The number of nitrogens with zero attached hydrogens (tertiary/aromatic N) is 3. The first-order valence-corrected chi connectivity index (χ1v) is 9.12. The summed E-state index contributed by atoms with van der Waals surface area (Å²) < 4.78 is 0. The van der Waals surface area contributed by atoms with Gasteiger partial charge >= 0.3 is 0 Å². The summed E-state index contributed by atoms with van der Waals surface area (Å²) in [5, 5.41) is 3.38. The van der Waals surface area contributed by atoms with E-state index in [0.717, 1.165) is 52.4 Å². The molecule has 5 nitrogen and oxygen atoms in total. The van der Waals surface area contributed by atoms with Crippen LogP contribution in [0, 0.1) is 6.92 Å². The summed E-state index contributed by atoms with van der Waals surface area (Å²) in [6, 6.07) is 9.15. The van der Waals surface area contributed by atoms with Crippen LogP contribution in [-0.2, 0) is 11.3 Å². The van der Waals surface area contributed by atoms with Crippen LogP contribution in [0.25, 0.3) is 0 Å². The van der Waals surface area contributed by atoms with E-state index >= 15 is 0 Å². The summed E-state index contributed by atoms with van der Waals surface area (Å²) in [5.74, 6) is 0.291. The Labute approximate surface area is 145 Å². The zero-order chi connectivity index (χ0) is 16.9. The maximum Gasteiger partial charge on any atom is 0.236 e. The van der Waals surface area contributed by atoms with Gasteiger partial charge < -0.3 is 10.2 Å². The number of amides is 1. The fourth-order valence-electron chi connectivity index (χ4n) is 3.62. The monoisotopic (exact) mass is 330 g/mol. The van der Waals surface area contributed by atoms with Crippen LogP contribution < -0.4 is 5.32 Å². The molecule has 2 heterocycles. The van der Waals surface area contributed by atoms with Crippen LogP contribution in [0.5, 0.6) is 0 Å². The molecular formula is C19H30N4O. The Hall–Kier alpha value is -1.43. The van der Waals surface area contributed by atoms with Crippen LogP contribution >= 0.6 is 0 Å². The summed E-state index contributed by atoms with van der Waals surface area (Å²) in [6.07, 6.45) is 0. The van der Waals surface area contributed by atoms with E-state index < -0.39 is 0 Å². The topological polar surface area (TPSA) is 38.8 Å². The molecule has 0 bridgehead atoms. The minimum atomic E-state index is 0.291. The molecule has 2 saturated heterocycles. The van der Waals surface area contributed by atoms with Gasteiger partial charge in [-0.2, -0.15) is 0 Å². The minimum absolute atomic E-state index is 0.291. The van der Waals surface area contributed by atoms with Crippen molar-refractivity contribution in [2.75, 3.05) is 52.4 Å². The maximum absolute atomic E-state index is 12.6. The number of carbonyl (C=O) groups is 1. The molecule has 1 amide bonds. The highest BCUT2D eigenvalue weighted by atomic mass is 16.2. The molecule has 3 rings (SSSR count). The molecule has 1 aromatic rings. The smallest absolute Gasteiger partial charge is 0.236 e. The van der Waals surface area contributed by atoms with Crippen molar-refractivity contribution in [2.24, 2.45) is 0 Å². The molecule has 0 aliphatic carbocycles.